The van der Waals surface area contributed by atoms with E-state index in [1.165, 1.54) is 4.31 Å². The molecule has 2 N–H and O–H groups in total. The van der Waals surface area contributed by atoms with Gasteiger partial charge in [-0.2, -0.15) is 0 Å². The van der Waals surface area contributed by atoms with Crippen LogP contribution >= 0.6 is 22.9 Å². The first kappa shape index (κ1) is 22.3. The van der Waals surface area contributed by atoms with Crippen molar-refractivity contribution < 1.29 is 18.0 Å². The Labute approximate surface area is 195 Å². The zero-order valence-electron chi connectivity index (χ0n) is 16.9. The van der Waals surface area contributed by atoms with Gasteiger partial charge in [-0.3, -0.25) is 13.9 Å². The number of thiophene rings is 1. The standard InChI is InChI=1S/C22H20ClN3O4S2/c23-17-8-5-15(6-9-17)14-24-21(27)22(28)25-18-10-7-16-3-1-11-26(19(16)13-18)32(29,30)20-4-2-12-31-20/h2,4-10,12-13H,1,3,11,14H2,(H,24,27)(H,25,28). The molecule has 0 spiro atoms. The number of nitrogens with zero attached hydrogens (tertiary/aromatic N) is 1. The van der Waals surface area contributed by atoms with Gasteiger partial charge in [0.2, 0.25) is 0 Å². The third kappa shape index (κ3) is 4.79. The van der Waals surface area contributed by atoms with E-state index in [0.717, 1.165) is 28.9 Å². The molecule has 2 amide bonds. The molecule has 2 aromatic carbocycles. The molecule has 0 bridgehead atoms. The fourth-order valence-corrected chi connectivity index (χ4v) is 6.20. The monoisotopic (exact) mass is 489 g/mol. The lowest BCUT2D eigenvalue weighted by Crippen LogP contribution is -2.36. The molecule has 0 saturated carbocycles. The highest BCUT2D eigenvalue weighted by Crippen LogP contribution is 2.35. The summed E-state index contributed by atoms with van der Waals surface area (Å²) in [5, 5.41) is 7.41. The van der Waals surface area contributed by atoms with Gasteiger partial charge < -0.3 is 10.6 Å². The Hall–Kier alpha value is -2.88. The average molecular weight is 490 g/mol. The highest BCUT2D eigenvalue weighted by molar-refractivity contribution is 7.94. The second-order valence-electron chi connectivity index (χ2n) is 7.22. The van der Waals surface area contributed by atoms with Crippen molar-refractivity contribution >= 4 is 56.2 Å². The molecule has 0 fully saturated rings. The molecule has 166 valence electrons. The van der Waals surface area contributed by atoms with Crippen LogP contribution in [0.4, 0.5) is 11.4 Å². The van der Waals surface area contributed by atoms with Crippen molar-refractivity contribution in [3.05, 3.63) is 76.1 Å². The minimum absolute atomic E-state index is 0.181. The first-order valence-electron chi connectivity index (χ1n) is 9.87. The first-order chi connectivity index (χ1) is 15.3. The lowest BCUT2D eigenvalue weighted by Gasteiger charge is -2.30. The zero-order chi connectivity index (χ0) is 22.7. The predicted molar refractivity (Wildman–Crippen MR) is 126 cm³/mol. The number of benzene rings is 2. The predicted octanol–water partition coefficient (Wildman–Crippen LogP) is 3.80. The van der Waals surface area contributed by atoms with Crippen LogP contribution < -0.4 is 14.9 Å². The van der Waals surface area contributed by atoms with Crippen molar-refractivity contribution in [3.8, 4) is 0 Å². The number of nitrogens with one attached hydrogen (secondary N) is 2. The smallest absolute Gasteiger partial charge is 0.313 e. The number of carbonyl (C=O) groups excluding carboxylic acids is 2. The summed E-state index contributed by atoms with van der Waals surface area (Å²) in [4.78, 5) is 24.5. The number of sulfonamides is 1. The Morgan fingerprint density at radius 2 is 1.84 bits per heavy atom. The van der Waals surface area contributed by atoms with Gasteiger partial charge in [-0.05, 0) is 59.7 Å². The van der Waals surface area contributed by atoms with Crippen LogP contribution in [0.3, 0.4) is 0 Å². The van der Waals surface area contributed by atoms with Gasteiger partial charge in [-0.25, -0.2) is 8.42 Å². The van der Waals surface area contributed by atoms with Crippen molar-refractivity contribution in [3.63, 3.8) is 0 Å². The summed E-state index contributed by atoms with van der Waals surface area (Å²) in [7, 11) is -3.69. The Balaban J connectivity index is 1.47. The fraction of sp³-hybridized carbons (Fsp3) is 0.182. The van der Waals surface area contributed by atoms with Gasteiger partial charge in [-0.1, -0.05) is 35.9 Å². The van der Waals surface area contributed by atoms with Crippen LogP contribution in [-0.2, 0) is 32.6 Å². The number of aryl methyl sites for hydroxylation is 1. The second-order valence-corrected chi connectivity index (χ2v) is 10.7. The quantitative estimate of drug-likeness (QED) is 0.533. The third-order valence-corrected chi connectivity index (χ3v) is 8.47. The molecule has 0 saturated heterocycles. The topological polar surface area (TPSA) is 95.6 Å². The molecule has 0 unspecified atom stereocenters. The number of halogens is 1. The van der Waals surface area contributed by atoms with Crippen molar-refractivity contribution in [2.24, 2.45) is 0 Å². The summed E-state index contributed by atoms with van der Waals surface area (Å²) in [6.45, 7) is 0.534. The second kappa shape index (κ2) is 9.32. The number of hydrogen-bond donors (Lipinski definition) is 2. The van der Waals surface area contributed by atoms with Gasteiger partial charge >= 0.3 is 11.8 Å². The molecular formula is C22H20ClN3O4S2. The van der Waals surface area contributed by atoms with E-state index in [9.17, 15) is 18.0 Å². The molecule has 10 heteroatoms. The van der Waals surface area contributed by atoms with Gasteiger partial charge in [0.25, 0.3) is 10.0 Å². The first-order valence-corrected chi connectivity index (χ1v) is 12.6. The largest absolute Gasteiger partial charge is 0.344 e. The van der Waals surface area contributed by atoms with E-state index in [0.29, 0.717) is 29.4 Å². The lowest BCUT2D eigenvalue weighted by molar-refractivity contribution is -0.136. The molecule has 1 aliphatic rings. The van der Waals surface area contributed by atoms with E-state index in [1.54, 1.807) is 60.0 Å². The molecule has 0 aliphatic carbocycles. The normalized spacial score (nSPS) is 13.3. The van der Waals surface area contributed by atoms with Gasteiger partial charge in [-0.15, -0.1) is 11.3 Å². The highest BCUT2D eigenvalue weighted by Gasteiger charge is 2.30. The van der Waals surface area contributed by atoms with Gasteiger partial charge in [0.15, 0.2) is 0 Å². The SMILES string of the molecule is O=C(NCc1ccc(Cl)cc1)C(=O)Nc1ccc2c(c1)N(S(=O)(=O)c1cccs1)CCC2. The molecule has 4 rings (SSSR count). The minimum atomic E-state index is -3.69. The van der Waals surface area contributed by atoms with Crippen LogP contribution in [0.5, 0.6) is 0 Å². The Morgan fingerprint density at radius 3 is 2.56 bits per heavy atom. The van der Waals surface area contributed by atoms with Crippen LogP contribution in [-0.4, -0.2) is 26.8 Å². The number of rotatable bonds is 5. The zero-order valence-corrected chi connectivity index (χ0v) is 19.3. The van der Waals surface area contributed by atoms with Crippen LogP contribution in [0.1, 0.15) is 17.5 Å². The van der Waals surface area contributed by atoms with Crippen molar-refractivity contribution in [1.29, 1.82) is 0 Å². The van der Waals surface area contributed by atoms with E-state index in [1.807, 2.05) is 0 Å². The molecule has 2 heterocycles. The van der Waals surface area contributed by atoms with Crippen LogP contribution in [0.15, 0.2) is 64.2 Å². The molecular weight excluding hydrogens is 470 g/mol. The molecule has 7 nitrogen and oxygen atoms in total. The van der Waals surface area contributed by atoms with Crippen LogP contribution in [0, 0.1) is 0 Å². The van der Waals surface area contributed by atoms with E-state index in [4.69, 9.17) is 11.6 Å². The summed E-state index contributed by atoms with van der Waals surface area (Å²) in [6, 6.07) is 15.2. The van der Waals surface area contributed by atoms with E-state index < -0.39 is 21.8 Å². The molecule has 3 aromatic rings. The van der Waals surface area contributed by atoms with Crippen molar-refractivity contribution in [2.45, 2.75) is 23.6 Å². The van der Waals surface area contributed by atoms with E-state index in [-0.39, 0.29) is 10.8 Å². The number of fused-ring (bicyclic) bond motifs is 1. The summed E-state index contributed by atoms with van der Waals surface area (Å²) in [5.74, 6) is -1.62. The molecule has 1 aliphatic heterocycles. The number of hydrogen-bond acceptors (Lipinski definition) is 5. The van der Waals surface area contributed by atoms with E-state index in [2.05, 4.69) is 10.6 Å². The summed E-state index contributed by atoms with van der Waals surface area (Å²) >= 11 is 7.00. The van der Waals surface area contributed by atoms with Gasteiger partial charge in [0.05, 0.1) is 5.69 Å². The third-order valence-electron chi connectivity index (χ3n) is 5.03. The number of amides is 2. The lowest BCUT2D eigenvalue weighted by atomic mass is 10.0. The Kier molecular flexibility index (Phi) is 6.50. The molecule has 0 radical (unpaired) electrons. The van der Waals surface area contributed by atoms with Crippen LogP contribution in [0.2, 0.25) is 5.02 Å². The maximum atomic E-state index is 13.1. The fourth-order valence-electron chi connectivity index (χ4n) is 3.44. The summed E-state index contributed by atoms with van der Waals surface area (Å²) < 4.78 is 27.8. The maximum Gasteiger partial charge on any atom is 0.313 e. The molecule has 1 aromatic heterocycles. The van der Waals surface area contributed by atoms with Gasteiger partial charge in [0, 0.05) is 23.8 Å². The van der Waals surface area contributed by atoms with Crippen molar-refractivity contribution in [2.75, 3.05) is 16.2 Å². The minimum Gasteiger partial charge on any atom is -0.344 e. The molecule has 0 atom stereocenters. The summed E-state index contributed by atoms with van der Waals surface area (Å²) in [5.41, 5.74) is 2.55. The highest BCUT2D eigenvalue weighted by atomic mass is 35.5. The number of anilines is 2. The van der Waals surface area contributed by atoms with Crippen molar-refractivity contribution in [1.82, 2.24) is 5.32 Å². The molecule has 32 heavy (non-hydrogen) atoms. The average Bonchev–Trinajstić information content (AvgIpc) is 3.34. The van der Waals surface area contributed by atoms with Gasteiger partial charge in [0.1, 0.15) is 4.21 Å². The Bertz CT molecular complexity index is 1240. The van der Waals surface area contributed by atoms with E-state index >= 15 is 0 Å². The van der Waals surface area contributed by atoms with Crippen LogP contribution in [0.25, 0.3) is 0 Å². The number of carbonyl (C=O) groups is 2. The summed E-state index contributed by atoms with van der Waals surface area (Å²) in [6.07, 6.45) is 1.44. The maximum absolute atomic E-state index is 13.1. The Morgan fingerprint density at radius 1 is 1.06 bits per heavy atom.